The molecule has 0 spiro atoms. The number of methoxy groups -OCH3 is 2. The Bertz CT molecular complexity index is 1570. The van der Waals surface area contributed by atoms with E-state index in [1.807, 2.05) is 12.2 Å². The number of carbonyl (C=O) groups is 1. The summed E-state index contributed by atoms with van der Waals surface area (Å²) in [7, 11) is 3.24. The minimum Gasteiger partial charge on any atom is -0.488 e. The van der Waals surface area contributed by atoms with Crippen LogP contribution in [0.25, 0.3) is 5.70 Å². The van der Waals surface area contributed by atoms with E-state index in [0.717, 1.165) is 48.7 Å². The second-order valence-electron chi connectivity index (χ2n) is 12.3. The van der Waals surface area contributed by atoms with Crippen LogP contribution in [0.1, 0.15) is 70.4 Å². The quantitative estimate of drug-likeness (QED) is 0.279. The Kier molecular flexibility index (Phi) is 9.61. The fraction of sp³-hybridized carbons (Fsp3) is 0.444. The van der Waals surface area contributed by atoms with Crippen molar-refractivity contribution in [2.45, 2.75) is 66.2 Å². The third kappa shape index (κ3) is 6.19. The normalized spacial score (nSPS) is 20.9. The van der Waals surface area contributed by atoms with E-state index in [0.29, 0.717) is 12.6 Å². The Morgan fingerprint density at radius 2 is 1.95 bits per heavy atom. The number of fused-ring (bicyclic) bond motifs is 1. The van der Waals surface area contributed by atoms with Gasteiger partial charge < -0.3 is 19.3 Å². The minimum absolute atomic E-state index is 0.0443. The highest BCUT2D eigenvalue weighted by Crippen LogP contribution is 2.43. The molecule has 1 aromatic heterocycles. The lowest BCUT2D eigenvalue weighted by atomic mass is 9.78. The van der Waals surface area contributed by atoms with E-state index in [4.69, 9.17) is 14.2 Å². The number of aryl methyl sites for hydroxylation is 2. The van der Waals surface area contributed by atoms with Crippen LogP contribution in [0, 0.1) is 25.7 Å². The highest BCUT2D eigenvalue weighted by atomic mass is 16.5. The van der Waals surface area contributed by atoms with Crippen molar-refractivity contribution in [2.75, 3.05) is 27.4 Å². The van der Waals surface area contributed by atoms with E-state index in [9.17, 15) is 9.90 Å². The van der Waals surface area contributed by atoms with Gasteiger partial charge in [-0.1, -0.05) is 56.3 Å². The number of para-hydroxylation sites is 1. The van der Waals surface area contributed by atoms with Crippen molar-refractivity contribution in [3.05, 3.63) is 93.7 Å². The molecule has 1 aliphatic heterocycles. The molecule has 234 valence electrons. The number of ether oxygens (including phenoxy) is 3. The van der Waals surface area contributed by atoms with Gasteiger partial charge in [0, 0.05) is 49.3 Å². The monoisotopic (exact) mass is 599 g/mol. The molecule has 5 rings (SSSR count). The van der Waals surface area contributed by atoms with Crippen LogP contribution in [0.3, 0.4) is 0 Å². The molecule has 8 heteroatoms. The molecule has 1 N–H and O–H groups in total. The van der Waals surface area contributed by atoms with E-state index in [2.05, 4.69) is 81.0 Å². The summed E-state index contributed by atoms with van der Waals surface area (Å²) < 4.78 is 19.1. The van der Waals surface area contributed by atoms with E-state index in [-0.39, 0.29) is 29.2 Å². The highest BCUT2D eigenvalue weighted by molar-refractivity contribution is 5.90. The number of aromatic nitrogens is 2. The Hall–Kier alpha value is -3.88. The summed E-state index contributed by atoms with van der Waals surface area (Å²) in [5.74, 6) is 0.385. The number of aromatic carboxylic acids is 1. The molecule has 3 aromatic rings. The SMILES string of the molecule is COCC(C)N1CCc2cc(COc3c(C)cccc3C3C=CC=C(n4ncc(C(=O)O)c4OC)C(C)C3C)cc(C)c2C1. The zero-order valence-electron chi connectivity index (χ0n) is 27.0. The second-order valence-corrected chi connectivity index (χ2v) is 12.3. The smallest absolute Gasteiger partial charge is 0.342 e. The summed E-state index contributed by atoms with van der Waals surface area (Å²) in [4.78, 5) is 14.2. The van der Waals surface area contributed by atoms with Crippen LogP contribution in [0.5, 0.6) is 11.6 Å². The van der Waals surface area contributed by atoms with Gasteiger partial charge in [-0.25, -0.2) is 9.48 Å². The summed E-state index contributed by atoms with van der Waals surface area (Å²) in [5.41, 5.74) is 8.53. The molecule has 2 aromatic carbocycles. The van der Waals surface area contributed by atoms with Crippen LogP contribution in [-0.2, 0) is 24.3 Å². The van der Waals surface area contributed by atoms with Gasteiger partial charge in [-0.15, -0.1) is 0 Å². The van der Waals surface area contributed by atoms with Crippen molar-refractivity contribution in [3.8, 4) is 11.6 Å². The first-order valence-electron chi connectivity index (χ1n) is 15.4. The van der Waals surface area contributed by atoms with Gasteiger partial charge in [-0.3, -0.25) is 4.90 Å². The molecule has 8 nitrogen and oxygen atoms in total. The van der Waals surface area contributed by atoms with E-state index >= 15 is 0 Å². The molecule has 0 bridgehead atoms. The number of hydrogen-bond donors (Lipinski definition) is 1. The minimum atomic E-state index is -1.06. The molecule has 4 unspecified atom stereocenters. The Labute approximate surface area is 260 Å². The van der Waals surface area contributed by atoms with Crippen LogP contribution >= 0.6 is 0 Å². The maximum absolute atomic E-state index is 11.7. The number of carboxylic acid groups (broad SMARTS) is 1. The molecule has 4 atom stereocenters. The predicted molar refractivity (Wildman–Crippen MR) is 172 cm³/mol. The standard InChI is InChI=1S/C36H45N3O5/c1-22-10-8-12-30(29-11-9-13-33(26(5)25(29)4)39-35(43-7)31(18-37-39)36(40)41)34(22)44-21-27-16-23(2)32-19-38(24(3)20-42-6)15-14-28(32)17-27/h8-13,16-18,24-26,29H,14-15,19-21H2,1-7H3,(H,40,41). The van der Waals surface area contributed by atoms with Crippen LogP contribution in [0.15, 0.2) is 54.8 Å². The van der Waals surface area contributed by atoms with Crippen molar-refractivity contribution >= 4 is 11.7 Å². The van der Waals surface area contributed by atoms with E-state index in [1.165, 1.54) is 35.6 Å². The Morgan fingerprint density at radius 1 is 1.16 bits per heavy atom. The lowest BCUT2D eigenvalue weighted by molar-refractivity contribution is 0.0693. The molecule has 0 amide bonds. The Balaban J connectivity index is 1.36. The van der Waals surface area contributed by atoms with Crippen LogP contribution in [-0.4, -0.2) is 59.2 Å². The number of benzene rings is 2. The first-order valence-corrected chi connectivity index (χ1v) is 15.4. The predicted octanol–water partition coefficient (Wildman–Crippen LogP) is 6.65. The zero-order chi connectivity index (χ0) is 31.5. The lowest BCUT2D eigenvalue weighted by Gasteiger charge is -2.34. The zero-order valence-corrected chi connectivity index (χ0v) is 27.0. The van der Waals surface area contributed by atoms with Gasteiger partial charge in [-0.2, -0.15) is 5.10 Å². The summed E-state index contributed by atoms with van der Waals surface area (Å²) in [6.45, 7) is 14.2. The fourth-order valence-electron chi connectivity index (χ4n) is 6.76. The topological polar surface area (TPSA) is 86.1 Å². The molecule has 0 radical (unpaired) electrons. The molecule has 0 saturated heterocycles. The van der Waals surface area contributed by atoms with Crippen molar-refractivity contribution < 1.29 is 24.1 Å². The van der Waals surface area contributed by atoms with Crippen molar-refractivity contribution in [1.29, 1.82) is 0 Å². The molecule has 2 aliphatic rings. The Morgan fingerprint density at radius 3 is 2.68 bits per heavy atom. The molecular weight excluding hydrogens is 554 g/mol. The third-order valence-corrected chi connectivity index (χ3v) is 9.47. The summed E-state index contributed by atoms with van der Waals surface area (Å²) in [5, 5.41) is 14.0. The van der Waals surface area contributed by atoms with Gasteiger partial charge in [-0.05, 0) is 67.0 Å². The van der Waals surface area contributed by atoms with Crippen molar-refractivity contribution in [2.24, 2.45) is 11.8 Å². The number of rotatable bonds is 10. The maximum Gasteiger partial charge on any atom is 0.342 e. The van der Waals surface area contributed by atoms with Gasteiger partial charge >= 0.3 is 5.97 Å². The van der Waals surface area contributed by atoms with Crippen LogP contribution in [0.2, 0.25) is 0 Å². The van der Waals surface area contributed by atoms with Crippen molar-refractivity contribution in [1.82, 2.24) is 14.7 Å². The second kappa shape index (κ2) is 13.4. The summed E-state index contributed by atoms with van der Waals surface area (Å²) >= 11 is 0. The maximum atomic E-state index is 11.7. The molecule has 2 heterocycles. The number of hydrogen-bond acceptors (Lipinski definition) is 6. The molecule has 0 saturated carbocycles. The van der Waals surface area contributed by atoms with Gasteiger partial charge in [0.05, 0.1) is 19.9 Å². The molecule has 1 aliphatic carbocycles. The van der Waals surface area contributed by atoms with Gasteiger partial charge in [0.25, 0.3) is 0 Å². The summed E-state index contributed by atoms with van der Waals surface area (Å²) in [6.07, 6.45) is 8.63. The summed E-state index contributed by atoms with van der Waals surface area (Å²) in [6, 6.07) is 11.4. The third-order valence-electron chi connectivity index (χ3n) is 9.47. The average molecular weight is 600 g/mol. The van der Waals surface area contributed by atoms with Crippen LogP contribution < -0.4 is 9.47 Å². The number of carboxylic acids is 1. The van der Waals surface area contributed by atoms with Gasteiger partial charge in [0.1, 0.15) is 17.9 Å². The van der Waals surface area contributed by atoms with Crippen molar-refractivity contribution in [3.63, 3.8) is 0 Å². The lowest BCUT2D eigenvalue weighted by Crippen LogP contribution is -2.40. The number of nitrogens with zero attached hydrogens (tertiary/aromatic N) is 3. The van der Waals surface area contributed by atoms with Crippen LogP contribution in [0.4, 0.5) is 0 Å². The average Bonchev–Trinajstić information content (AvgIpc) is 3.38. The van der Waals surface area contributed by atoms with Gasteiger partial charge in [0.2, 0.25) is 5.88 Å². The van der Waals surface area contributed by atoms with E-state index < -0.39 is 5.97 Å². The van der Waals surface area contributed by atoms with Gasteiger partial charge in [0.15, 0.2) is 0 Å². The largest absolute Gasteiger partial charge is 0.488 e. The number of allylic oxidation sites excluding steroid dienone is 4. The first kappa shape index (κ1) is 31.5. The highest BCUT2D eigenvalue weighted by Gasteiger charge is 2.32. The molecular formula is C36H45N3O5. The fourth-order valence-corrected chi connectivity index (χ4v) is 6.76. The first-order chi connectivity index (χ1) is 21.1. The molecule has 44 heavy (non-hydrogen) atoms. The van der Waals surface area contributed by atoms with E-state index in [1.54, 1.807) is 11.8 Å². The molecule has 0 fully saturated rings.